The number of aliphatic hydroxyl groups excluding tert-OH is 1. The van der Waals surface area contributed by atoms with Gasteiger partial charge in [0.15, 0.2) is 6.10 Å². The van der Waals surface area contributed by atoms with Crippen LogP contribution in [0.4, 0.5) is 0 Å². The number of para-hydroxylation sites is 1. The molecule has 0 aromatic heterocycles. The fraction of sp³-hybridized carbons (Fsp3) is 0.444. The van der Waals surface area contributed by atoms with Crippen LogP contribution in [0, 0.1) is 0 Å². The quantitative estimate of drug-likeness (QED) is 0.604. The first kappa shape index (κ1) is 18.0. The van der Waals surface area contributed by atoms with Gasteiger partial charge >= 0.3 is 0 Å². The van der Waals surface area contributed by atoms with Crippen LogP contribution < -0.4 is 10.1 Å². The Balaban J connectivity index is 2.15. The number of carbonyl (C=O) groups is 2. The largest absolute Gasteiger partial charge is 0.478 e. The van der Waals surface area contributed by atoms with Gasteiger partial charge < -0.3 is 20.1 Å². The van der Waals surface area contributed by atoms with Crippen molar-refractivity contribution in [3.63, 3.8) is 0 Å². The van der Waals surface area contributed by atoms with Gasteiger partial charge in [0.1, 0.15) is 11.8 Å². The van der Waals surface area contributed by atoms with Crippen LogP contribution in [0.2, 0.25) is 0 Å². The lowest BCUT2D eigenvalue weighted by Gasteiger charge is -2.47. The number of amides is 2. The molecule has 1 fully saturated rings. The van der Waals surface area contributed by atoms with E-state index in [0.717, 1.165) is 0 Å². The topological polar surface area (TPSA) is 78.9 Å². The number of nitrogens with zero attached hydrogens (tertiary/aromatic N) is 1. The third-order valence-corrected chi connectivity index (χ3v) is 3.62. The zero-order valence-corrected chi connectivity index (χ0v) is 14.2. The summed E-state index contributed by atoms with van der Waals surface area (Å²) in [6, 6.07) is 8.11. The molecule has 2 rings (SSSR count). The van der Waals surface area contributed by atoms with Crippen LogP contribution in [-0.4, -0.2) is 52.2 Å². The number of carbonyl (C=O) groups excluding carboxylic acids is 2. The van der Waals surface area contributed by atoms with E-state index in [1.165, 1.54) is 4.90 Å². The summed E-state index contributed by atoms with van der Waals surface area (Å²) in [5.41, 5.74) is -0.481. The maximum Gasteiger partial charge on any atom is 0.266 e. The van der Waals surface area contributed by atoms with Gasteiger partial charge in [-0.1, -0.05) is 24.3 Å². The summed E-state index contributed by atoms with van der Waals surface area (Å²) in [5.74, 6) is -0.287. The molecule has 6 heteroatoms. The fourth-order valence-corrected chi connectivity index (χ4v) is 2.59. The second-order valence-corrected chi connectivity index (χ2v) is 6.81. The molecule has 1 aliphatic rings. The highest BCUT2D eigenvalue weighted by atomic mass is 16.5. The number of hydrogen-bond donors (Lipinski definition) is 2. The average Bonchev–Trinajstić information content (AvgIpc) is 2.52. The lowest BCUT2D eigenvalue weighted by Crippen LogP contribution is -2.73. The van der Waals surface area contributed by atoms with Crippen molar-refractivity contribution in [1.29, 1.82) is 0 Å². The summed E-state index contributed by atoms with van der Waals surface area (Å²) >= 11 is 0. The Morgan fingerprint density at radius 2 is 2.04 bits per heavy atom. The monoisotopic (exact) mass is 332 g/mol. The summed E-state index contributed by atoms with van der Waals surface area (Å²) in [5, 5.41) is 13.2. The molecule has 1 aromatic carbocycles. The lowest BCUT2D eigenvalue weighted by atomic mass is 9.91. The molecule has 1 aliphatic heterocycles. The summed E-state index contributed by atoms with van der Waals surface area (Å²) < 4.78 is 5.69. The summed E-state index contributed by atoms with van der Waals surface area (Å²) in [6.45, 7) is 9.32. The molecule has 0 radical (unpaired) electrons. The van der Waals surface area contributed by atoms with E-state index in [1.807, 2.05) is 26.8 Å². The zero-order valence-electron chi connectivity index (χ0n) is 14.2. The van der Waals surface area contributed by atoms with Gasteiger partial charge in [-0.3, -0.25) is 9.59 Å². The van der Waals surface area contributed by atoms with Crippen molar-refractivity contribution in [1.82, 2.24) is 10.2 Å². The fourth-order valence-electron chi connectivity index (χ4n) is 2.59. The van der Waals surface area contributed by atoms with E-state index >= 15 is 0 Å². The molecule has 24 heavy (non-hydrogen) atoms. The number of β-lactam (4-membered cyclic amide) rings is 1. The van der Waals surface area contributed by atoms with E-state index in [2.05, 4.69) is 11.9 Å². The van der Waals surface area contributed by atoms with Crippen LogP contribution in [0.25, 0.3) is 0 Å². The summed E-state index contributed by atoms with van der Waals surface area (Å²) in [7, 11) is 0. The highest BCUT2D eigenvalue weighted by molar-refractivity contribution is 5.93. The molecule has 3 atom stereocenters. The maximum atomic E-state index is 12.3. The van der Waals surface area contributed by atoms with Crippen LogP contribution >= 0.6 is 0 Å². The third-order valence-electron chi connectivity index (χ3n) is 3.62. The number of rotatable bonds is 6. The van der Waals surface area contributed by atoms with E-state index in [9.17, 15) is 14.7 Å². The number of ether oxygens (including phenoxy) is 1. The molecule has 130 valence electrons. The first-order chi connectivity index (χ1) is 11.2. The Morgan fingerprint density at radius 1 is 1.42 bits per heavy atom. The van der Waals surface area contributed by atoms with Gasteiger partial charge in [-0.2, -0.15) is 0 Å². The highest BCUT2D eigenvalue weighted by Crippen LogP contribution is 2.28. The summed E-state index contributed by atoms with van der Waals surface area (Å²) in [4.78, 5) is 26.0. The van der Waals surface area contributed by atoms with Crippen LogP contribution in [0.1, 0.15) is 20.8 Å². The molecule has 0 spiro atoms. The SMILES string of the molecule is C=CCN1C(=O)C(Oc2ccccc2)C1C(O)C(=O)NC(C)(C)C. The van der Waals surface area contributed by atoms with Crippen molar-refractivity contribution in [2.24, 2.45) is 0 Å². The van der Waals surface area contributed by atoms with Gasteiger partial charge in [0, 0.05) is 12.1 Å². The number of likely N-dealkylation sites (tertiary alicyclic amines) is 1. The minimum Gasteiger partial charge on any atom is -0.478 e. The number of benzene rings is 1. The zero-order chi connectivity index (χ0) is 17.9. The molecule has 2 amide bonds. The highest BCUT2D eigenvalue weighted by Gasteiger charge is 2.54. The minimum absolute atomic E-state index is 0.248. The van der Waals surface area contributed by atoms with Gasteiger partial charge in [0.2, 0.25) is 6.10 Å². The minimum atomic E-state index is -1.38. The Hall–Kier alpha value is -2.34. The molecular weight excluding hydrogens is 308 g/mol. The standard InChI is InChI=1S/C18H24N2O4/c1-5-11-20-13(14(21)16(22)19-18(2,3)4)15(17(20)23)24-12-9-7-6-8-10-12/h5-10,13-15,21H,1,11H2,2-4H3,(H,19,22). The van der Waals surface area contributed by atoms with Gasteiger partial charge in [-0.05, 0) is 32.9 Å². The van der Waals surface area contributed by atoms with Crippen molar-refractivity contribution in [2.75, 3.05) is 6.54 Å². The maximum absolute atomic E-state index is 12.3. The molecule has 0 aliphatic carbocycles. The van der Waals surface area contributed by atoms with Gasteiger partial charge in [-0.25, -0.2) is 0 Å². The van der Waals surface area contributed by atoms with Gasteiger partial charge in [0.25, 0.3) is 11.8 Å². The number of hydrogen-bond acceptors (Lipinski definition) is 4. The predicted octanol–water partition coefficient (Wildman–Crippen LogP) is 1.11. The molecule has 1 saturated heterocycles. The Morgan fingerprint density at radius 3 is 2.58 bits per heavy atom. The molecule has 0 saturated carbocycles. The second kappa shape index (κ2) is 7.05. The number of aliphatic hydroxyl groups is 1. The van der Waals surface area contributed by atoms with Crippen molar-refractivity contribution < 1.29 is 19.4 Å². The Kier molecular flexibility index (Phi) is 5.29. The number of nitrogens with one attached hydrogen (secondary N) is 1. The van der Waals surface area contributed by atoms with E-state index in [1.54, 1.807) is 30.3 Å². The van der Waals surface area contributed by atoms with Gasteiger partial charge in [0.05, 0.1) is 0 Å². The summed E-state index contributed by atoms with van der Waals surface area (Å²) in [6.07, 6.45) is -0.721. The van der Waals surface area contributed by atoms with Gasteiger partial charge in [-0.15, -0.1) is 6.58 Å². The predicted molar refractivity (Wildman–Crippen MR) is 90.5 cm³/mol. The molecule has 3 unspecified atom stereocenters. The van der Waals surface area contributed by atoms with E-state index in [-0.39, 0.29) is 12.5 Å². The second-order valence-electron chi connectivity index (χ2n) is 6.81. The van der Waals surface area contributed by atoms with Crippen LogP contribution in [0.3, 0.4) is 0 Å². The first-order valence-electron chi connectivity index (χ1n) is 7.88. The molecular formula is C18H24N2O4. The molecule has 1 heterocycles. The normalized spacial score (nSPS) is 21.7. The Labute approximate surface area is 142 Å². The Bertz CT molecular complexity index is 609. The lowest BCUT2D eigenvalue weighted by molar-refractivity contribution is -0.174. The molecule has 1 aromatic rings. The third kappa shape index (κ3) is 3.94. The van der Waals surface area contributed by atoms with Crippen molar-refractivity contribution in [3.8, 4) is 5.75 Å². The van der Waals surface area contributed by atoms with Crippen molar-refractivity contribution in [3.05, 3.63) is 43.0 Å². The molecule has 6 nitrogen and oxygen atoms in total. The van der Waals surface area contributed by atoms with Crippen molar-refractivity contribution in [2.45, 2.75) is 44.6 Å². The average molecular weight is 332 g/mol. The van der Waals surface area contributed by atoms with Crippen LogP contribution in [0.5, 0.6) is 5.75 Å². The van der Waals surface area contributed by atoms with Crippen LogP contribution in [-0.2, 0) is 9.59 Å². The van der Waals surface area contributed by atoms with E-state index in [4.69, 9.17) is 4.74 Å². The molecule has 0 bridgehead atoms. The van der Waals surface area contributed by atoms with Crippen LogP contribution in [0.15, 0.2) is 43.0 Å². The first-order valence-corrected chi connectivity index (χ1v) is 7.88. The van der Waals surface area contributed by atoms with E-state index in [0.29, 0.717) is 5.75 Å². The smallest absolute Gasteiger partial charge is 0.266 e. The molecule has 2 N–H and O–H groups in total. The van der Waals surface area contributed by atoms with Crippen molar-refractivity contribution >= 4 is 11.8 Å². The van der Waals surface area contributed by atoms with E-state index < -0.39 is 29.7 Å².